The van der Waals surface area contributed by atoms with Crippen molar-refractivity contribution in [3.05, 3.63) is 72.3 Å². The van der Waals surface area contributed by atoms with Gasteiger partial charge in [0.2, 0.25) is 17.6 Å². The van der Waals surface area contributed by atoms with Crippen molar-refractivity contribution in [3.63, 3.8) is 0 Å². The maximum absolute atomic E-state index is 13.1. The summed E-state index contributed by atoms with van der Waals surface area (Å²) in [5.41, 5.74) is 3.28. The maximum atomic E-state index is 13.1. The van der Waals surface area contributed by atoms with Gasteiger partial charge in [-0.2, -0.15) is 4.98 Å². The normalized spacial score (nSPS) is 13.0. The third-order valence-corrected chi connectivity index (χ3v) is 5.49. The number of carbonyl (C=O) groups is 1. The highest BCUT2D eigenvalue weighted by Crippen LogP contribution is 2.25. The van der Waals surface area contributed by atoms with Gasteiger partial charge in [0.25, 0.3) is 0 Å². The highest BCUT2D eigenvalue weighted by atomic mass is 19.1. The molecule has 3 heterocycles. The number of anilines is 1. The summed E-state index contributed by atoms with van der Waals surface area (Å²) in [6.45, 7) is 1.01. The van der Waals surface area contributed by atoms with Gasteiger partial charge in [-0.1, -0.05) is 17.3 Å². The Hall–Kier alpha value is -3.81. The van der Waals surface area contributed by atoms with E-state index in [0.717, 1.165) is 35.7 Å². The lowest BCUT2D eigenvalue weighted by Crippen LogP contribution is -2.12. The minimum absolute atomic E-state index is 0.146. The van der Waals surface area contributed by atoms with Crippen LogP contribution in [0.5, 0.6) is 0 Å². The monoisotopic (exact) mass is 431 g/mol. The molecule has 1 N–H and O–H groups in total. The largest absolute Gasteiger partial charge is 0.339 e. The summed E-state index contributed by atoms with van der Waals surface area (Å²) < 4.78 is 20.5. The molecule has 1 amide bonds. The third kappa shape index (κ3) is 4.44. The highest BCUT2D eigenvalue weighted by Gasteiger charge is 2.14. The number of benzene rings is 2. The number of hydrogen-bond acceptors (Lipinski definition) is 5. The average Bonchev–Trinajstić information content (AvgIpc) is 3.46. The fraction of sp³-hybridized carbons (Fsp3) is 0.250. The first kappa shape index (κ1) is 20.1. The zero-order valence-corrected chi connectivity index (χ0v) is 17.4. The van der Waals surface area contributed by atoms with Crippen LogP contribution < -0.4 is 5.32 Å². The first-order chi connectivity index (χ1) is 15.6. The molecule has 0 bridgehead atoms. The fourth-order valence-electron chi connectivity index (χ4n) is 3.82. The SMILES string of the molecule is O=C(CCc1nc(-c2ccc(F)cc2)no1)Nc1cccc(-c2cn3c(n2)CCCC3)c1. The summed E-state index contributed by atoms with van der Waals surface area (Å²) >= 11 is 0. The number of rotatable bonds is 6. The third-order valence-electron chi connectivity index (χ3n) is 5.49. The van der Waals surface area contributed by atoms with Crippen LogP contribution in [0.15, 0.2) is 59.3 Å². The Labute approximate surface area is 184 Å². The second kappa shape index (κ2) is 8.74. The van der Waals surface area contributed by atoms with Crippen molar-refractivity contribution >= 4 is 11.6 Å². The van der Waals surface area contributed by atoms with Crippen LogP contribution >= 0.6 is 0 Å². The molecule has 0 radical (unpaired) electrons. The molecule has 7 nitrogen and oxygen atoms in total. The smallest absolute Gasteiger partial charge is 0.227 e. The number of aryl methyl sites for hydroxylation is 3. The molecule has 1 aliphatic rings. The molecule has 8 heteroatoms. The molecule has 2 aromatic heterocycles. The van der Waals surface area contributed by atoms with Crippen LogP contribution in [0.25, 0.3) is 22.6 Å². The fourth-order valence-corrected chi connectivity index (χ4v) is 3.82. The molecule has 0 fully saturated rings. The average molecular weight is 431 g/mol. The molecule has 0 saturated heterocycles. The zero-order valence-electron chi connectivity index (χ0n) is 17.4. The van der Waals surface area contributed by atoms with E-state index in [1.807, 2.05) is 24.3 Å². The Morgan fingerprint density at radius 3 is 2.81 bits per heavy atom. The number of hydrogen-bond donors (Lipinski definition) is 1. The minimum atomic E-state index is -0.328. The first-order valence-electron chi connectivity index (χ1n) is 10.7. The predicted octanol–water partition coefficient (Wildman–Crippen LogP) is 4.65. The highest BCUT2D eigenvalue weighted by molar-refractivity contribution is 5.91. The van der Waals surface area contributed by atoms with Gasteiger partial charge in [-0.05, 0) is 49.2 Å². The van der Waals surface area contributed by atoms with Gasteiger partial charge in [0.15, 0.2) is 0 Å². The predicted molar refractivity (Wildman–Crippen MR) is 117 cm³/mol. The molecule has 4 aromatic rings. The van der Waals surface area contributed by atoms with Gasteiger partial charge in [-0.3, -0.25) is 4.79 Å². The van der Waals surface area contributed by atoms with Crippen LogP contribution in [0.4, 0.5) is 10.1 Å². The van der Waals surface area contributed by atoms with Crippen LogP contribution in [-0.2, 0) is 24.2 Å². The van der Waals surface area contributed by atoms with E-state index in [-0.39, 0.29) is 18.1 Å². The van der Waals surface area contributed by atoms with E-state index in [1.54, 1.807) is 12.1 Å². The Morgan fingerprint density at radius 2 is 1.97 bits per heavy atom. The Morgan fingerprint density at radius 1 is 1.09 bits per heavy atom. The molecular weight excluding hydrogens is 409 g/mol. The maximum Gasteiger partial charge on any atom is 0.227 e. The number of amides is 1. The molecule has 0 unspecified atom stereocenters. The standard InChI is InChI=1S/C24H22FN5O2/c25-18-9-7-16(8-10-18)24-28-23(32-29-24)12-11-22(31)26-19-5-3-4-17(14-19)20-15-30-13-2-1-6-21(30)27-20/h3-5,7-10,14-15H,1-2,6,11-13H2,(H,26,31). The van der Waals surface area contributed by atoms with E-state index in [9.17, 15) is 9.18 Å². The number of carbonyl (C=O) groups excluding carboxylic acids is 1. The number of nitrogens with one attached hydrogen (secondary N) is 1. The van der Waals surface area contributed by atoms with Gasteiger partial charge in [0, 0.05) is 48.8 Å². The van der Waals surface area contributed by atoms with Crippen molar-refractivity contribution in [1.29, 1.82) is 0 Å². The molecule has 32 heavy (non-hydrogen) atoms. The van der Waals surface area contributed by atoms with Gasteiger partial charge < -0.3 is 14.4 Å². The Bertz CT molecular complexity index is 1220. The van der Waals surface area contributed by atoms with Gasteiger partial charge in [-0.25, -0.2) is 9.37 Å². The second-order valence-electron chi connectivity index (χ2n) is 7.84. The van der Waals surface area contributed by atoms with Crippen LogP contribution in [0.3, 0.4) is 0 Å². The molecule has 162 valence electrons. The Kier molecular flexibility index (Phi) is 5.49. The molecule has 2 aromatic carbocycles. The van der Waals surface area contributed by atoms with E-state index < -0.39 is 0 Å². The van der Waals surface area contributed by atoms with Crippen LogP contribution in [0.2, 0.25) is 0 Å². The van der Waals surface area contributed by atoms with E-state index in [1.165, 1.54) is 25.0 Å². The lowest BCUT2D eigenvalue weighted by molar-refractivity contribution is -0.116. The summed E-state index contributed by atoms with van der Waals surface area (Å²) in [5.74, 6) is 1.38. The van der Waals surface area contributed by atoms with Crippen molar-refractivity contribution in [2.45, 2.75) is 38.6 Å². The number of halogens is 1. The molecule has 0 aliphatic carbocycles. The zero-order chi connectivity index (χ0) is 21.9. The van der Waals surface area contributed by atoms with E-state index in [0.29, 0.717) is 23.7 Å². The number of fused-ring (bicyclic) bond motifs is 1. The van der Waals surface area contributed by atoms with Gasteiger partial charge >= 0.3 is 0 Å². The van der Waals surface area contributed by atoms with Crippen molar-refractivity contribution in [2.24, 2.45) is 0 Å². The van der Waals surface area contributed by atoms with Crippen molar-refractivity contribution in [3.8, 4) is 22.6 Å². The first-order valence-corrected chi connectivity index (χ1v) is 10.7. The van der Waals surface area contributed by atoms with Crippen molar-refractivity contribution < 1.29 is 13.7 Å². The lowest BCUT2D eigenvalue weighted by Gasteiger charge is -2.11. The van der Waals surface area contributed by atoms with Gasteiger partial charge in [0.1, 0.15) is 11.6 Å². The molecule has 1 aliphatic heterocycles. The quantitative estimate of drug-likeness (QED) is 0.480. The number of imidazole rings is 1. The summed E-state index contributed by atoms with van der Waals surface area (Å²) in [6, 6.07) is 13.6. The molecule has 0 spiro atoms. The van der Waals surface area contributed by atoms with Crippen LogP contribution in [0, 0.1) is 5.82 Å². The van der Waals surface area contributed by atoms with Gasteiger partial charge in [-0.15, -0.1) is 0 Å². The second-order valence-corrected chi connectivity index (χ2v) is 7.84. The molecule has 0 saturated carbocycles. The summed E-state index contributed by atoms with van der Waals surface area (Å²) in [7, 11) is 0. The van der Waals surface area contributed by atoms with E-state index >= 15 is 0 Å². The summed E-state index contributed by atoms with van der Waals surface area (Å²) in [4.78, 5) is 21.5. The topological polar surface area (TPSA) is 85.8 Å². The van der Waals surface area contributed by atoms with E-state index in [2.05, 4.69) is 26.2 Å². The van der Waals surface area contributed by atoms with Gasteiger partial charge in [0.05, 0.1) is 5.69 Å². The van der Waals surface area contributed by atoms with Crippen molar-refractivity contribution in [1.82, 2.24) is 19.7 Å². The summed E-state index contributed by atoms with van der Waals surface area (Å²) in [5, 5.41) is 6.83. The number of aromatic nitrogens is 4. The number of nitrogens with zero attached hydrogens (tertiary/aromatic N) is 4. The van der Waals surface area contributed by atoms with Crippen molar-refractivity contribution in [2.75, 3.05) is 5.32 Å². The lowest BCUT2D eigenvalue weighted by atomic mass is 10.1. The van der Waals surface area contributed by atoms with Crippen LogP contribution in [0.1, 0.15) is 31.0 Å². The Balaban J connectivity index is 1.20. The molecule has 5 rings (SSSR count). The van der Waals surface area contributed by atoms with Crippen LogP contribution in [-0.4, -0.2) is 25.6 Å². The minimum Gasteiger partial charge on any atom is -0.339 e. The van der Waals surface area contributed by atoms with E-state index in [4.69, 9.17) is 9.51 Å². The molecular formula is C24H22FN5O2. The molecule has 0 atom stereocenters. The summed E-state index contributed by atoms with van der Waals surface area (Å²) in [6.07, 6.45) is 5.97.